The molecule has 0 saturated heterocycles. The lowest BCUT2D eigenvalue weighted by Gasteiger charge is -2.13. The molecule has 1 heterocycles. The quantitative estimate of drug-likeness (QED) is 0.700. The number of aromatic amines is 1. The predicted molar refractivity (Wildman–Crippen MR) is 94.4 cm³/mol. The lowest BCUT2D eigenvalue weighted by atomic mass is 10.1. The van der Waals surface area contributed by atoms with E-state index in [4.69, 9.17) is 0 Å². The molecule has 0 amide bonds. The van der Waals surface area contributed by atoms with Crippen LogP contribution in [0.1, 0.15) is 13.3 Å². The number of nitrogens with one attached hydrogen (secondary N) is 1. The third kappa shape index (κ3) is 3.51. The lowest BCUT2D eigenvalue weighted by Crippen LogP contribution is -2.33. The normalized spacial score (nSPS) is 12.0. The highest BCUT2D eigenvalue weighted by atomic mass is 32.2. The number of carbonyl (C=O) groups excluding carboxylic acids is 1. The fraction of sp³-hybridized carbons (Fsp3) is 0.158. The first kappa shape index (κ1) is 16.3. The van der Waals surface area contributed by atoms with Gasteiger partial charge in [-0.05, 0) is 6.42 Å². The Hall–Kier alpha value is -2.53. The van der Waals surface area contributed by atoms with Gasteiger partial charge < -0.3 is 14.9 Å². The fourth-order valence-electron chi connectivity index (χ4n) is 2.46. The van der Waals surface area contributed by atoms with Gasteiger partial charge in [0.2, 0.25) is 0 Å². The summed E-state index contributed by atoms with van der Waals surface area (Å²) in [4.78, 5) is 19.1. The summed E-state index contributed by atoms with van der Waals surface area (Å²) in [5.74, 6) is -1.07. The van der Waals surface area contributed by atoms with E-state index in [0.717, 1.165) is 22.5 Å². The minimum atomic E-state index is -1.07. The molecule has 5 heteroatoms. The van der Waals surface area contributed by atoms with E-state index in [2.05, 4.69) is 9.97 Å². The number of nitrogens with zero attached hydrogens (tertiary/aromatic N) is 1. The zero-order chi connectivity index (χ0) is 16.9. The van der Waals surface area contributed by atoms with E-state index in [1.165, 1.54) is 11.8 Å². The number of carboxylic acid groups (broad SMARTS) is 1. The summed E-state index contributed by atoms with van der Waals surface area (Å²) in [6, 6.07) is 19.8. The number of carbonyl (C=O) groups is 1. The van der Waals surface area contributed by atoms with E-state index in [9.17, 15) is 9.90 Å². The molecule has 1 N–H and O–H groups in total. The van der Waals surface area contributed by atoms with Crippen LogP contribution in [-0.2, 0) is 4.79 Å². The highest BCUT2D eigenvalue weighted by Gasteiger charge is 2.17. The molecule has 4 nitrogen and oxygen atoms in total. The number of hydrogen-bond donors (Lipinski definition) is 1. The number of aliphatic carboxylic acids is 1. The summed E-state index contributed by atoms with van der Waals surface area (Å²) in [6.07, 6.45) is 0.481. The Kier molecular flexibility index (Phi) is 5.01. The molecule has 0 aliphatic carbocycles. The van der Waals surface area contributed by atoms with Crippen molar-refractivity contribution in [2.45, 2.75) is 23.8 Å². The Morgan fingerprint density at radius 3 is 2.21 bits per heavy atom. The maximum Gasteiger partial charge on any atom is 0.167 e. The van der Waals surface area contributed by atoms with Crippen LogP contribution in [0.25, 0.3) is 22.5 Å². The molecule has 0 fully saturated rings. The Balaban J connectivity index is 2.05. The molecule has 0 bridgehead atoms. The van der Waals surface area contributed by atoms with Gasteiger partial charge in [-0.3, -0.25) is 0 Å². The predicted octanol–water partition coefficient (Wildman–Crippen LogP) is 3.36. The van der Waals surface area contributed by atoms with Crippen molar-refractivity contribution < 1.29 is 9.90 Å². The van der Waals surface area contributed by atoms with Crippen molar-refractivity contribution in [3.63, 3.8) is 0 Å². The monoisotopic (exact) mass is 337 g/mol. The highest BCUT2D eigenvalue weighted by Crippen LogP contribution is 2.34. The smallest absolute Gasteiger partial charge is 0.167 e. The van der Waals surface area contributed by atoms with Gasteiger partial charge in [-0.15, -0.1) is 0 Å². The number of thioether (sulfide) groups is 1. The van der Waals surface area contributed by atoms with Crippen LogP contribution < -0.4 is 5.11 Å². The SMILES string of the molecule is CCC(Sc1nc(-c2ccccc2)c(-c2ccccc2)[nH]1)C(=O)[O-]. The van der Waals surface area contributed by atoms with Crippen LogP contribution in [0.3, 0.4) is 0 Å². The van der Waals surface area contributed by atoms with E-state index in [1.807, 2.05) is 67.6 Å². The molecule has 24 heavy (non-hydrogen) atoms. The molecule has 3 rings (SSSR count). The molecule has 0 saturated carbocycles. The molecule has 0 spiro atoms. The van der Waals surface area contributed by atoms with Crippen molar-refractivity contribution in [3.05, 3.63) is 60.7 Å². The molecule has 1 aromatic heterocycles. The van der Waals surface area contributed by atoms with Crippen LogP contribution in [0.5, 0.6) is 0 Å². The summed E-state index contributed by atoms with van der Waals surface area (Å²) in [5.41, 5.74) is 3.70. The van der Waals surface area contributed by atoms with E-state index in [-0.39, 0.29) is 0 Å². The average molecular weight is 337 g/mol. The largest absolute Gasteiger partial charge is 0.549 e. The standard InChI is InChI=1S/C19H18N2O2S/c1-2-15(18(22)23)24-19-20-16(13-9-5-3-6-10-13)17(21-19)14-11-7-4-8-12-14/h3-12,15H,2H2,1H3,(H,20,21)(H,22,23)/p-1. The van der Waals surface area contributed by atoms with Gasteiger partial charge in [0.25, 0.3) is 0 Å². The minimum Gasteiger partial charge on any atom is -0.549 e. The molecular weight excluding hydrogens is 320 g/mol. The third-order valence-corrected chi connectivity index (χ3v) is 4.91. The van der Waals surface area contributed by atoms with Crippen molar-refractivity contribution in [2.24, 2.45) is 0 Å². The van der Waals surface area contributed by atoms with Gasteiger partial charge in [0.15, 0.2) is 5.16 Å². The van der Waals surface area contributed by atoms with Crippen LogP contribution in [0.2, 0.25) is 0 Å². The Labute approximate surface area is 145 Å². The van der Waals surface area contributed by atoms with Crippen LogP contribution in [-0.4, -0.2) is 21.2 Å². The van der Waals surface area contributed by atoms with Crippen molar-refractivity contribution in [1.82, 2.24) is 9.97 Å². The molecule has 2 aromatic carbocycles. The number of carboxylic acids is 1. The molecule has 0 radical (unpaired) electrons. The van der Waals surface area contributed by atoms with E-state index >= 15 is 0 Å². The van der Waals surface area contributed by atoms with Crippen molar-refractivity contribution in [3.8, 4) is 22.5 Å². The van der Waals surface area contributed by atoms with Crippen LogP contribution in [0.4, 0.5) is 0 Å². The fourth-order valence-corrected chi connectivity index (χ4v) is 3.30. The average Bonchev–Trinajstić information content (AvgIpc) is 3.05. The number of hydrogen-bond acceptors (Lipinski definition) is 4. The summed E-state index contributed by atoms with van der Waals surface area (Å²) in [6.45, 7) is 1.83. The summed E-state index contributed by atoms with van der Waals surface area (Å²) >= 11 is 1.19. The second kappa shape index (κ2) is 7.36. The molecule has 1 unspecified atom stereocenters. The zero-order valence-electron chi connectivity index (χ0n) is 13.2. The number of aromatic nitrogens is 2. The molecule has 0 aliphatic rings. The van der Waals surface area contributed by atoms with Gasteiger partial charge in [-0.25, -0.2) is 4.98 Å². The van der Waals surface area contributed by atoms with Gasteiger partial charge >= 0.3 is 0 Å². The third-order valence-electron chi connectivity index (χ3n) is 3.68. The summed E-state index contributed by atoms with van der Waals surface area (Å²) < 4.78 is 0. The summed E-state index contributed by atoms with van der Waals surface area (Å²) in [5, 5.41) is 11.2. The van der Waals surface area contributed by atoms with Gasteiger partial charge in [-0.1, -0.05) is 79.3 Å². The van der Waals surface area contributed by atoms with Crippen LogP contribution in [0.15, 0.2) is 65.8 Å². The van der Waals surface area contributed by atoms with Gasteiger partial charge in [0.05, 0.1) is 22.6 Å². The molecule has 0 aliphatic heterocycles. The first-order valence-electron chi connectivity index (χ1n) is 7.77. The number of H-pyrrole nitrogens is 1. The van der Waals surface area contributed by atoms with Gasteiger partial charge in [0, 0.05) is 11.1 Å². The maximum atomic E-state index is 11.2. The van der Waals surface area contributed by atoms with Gasteiger partial charge in [0.1, 0.15) is 0 Å². The molecule has 3 aromatic rings. The minimum absolute atomic E-state index is 0.481. The maximum absolute atomic E-state index is 11.2. The molecule has 1 atom stereocenters. The topological polar surface area (TPSA) is 68.8 Å². The van der Waals surface area contributed by atoms with Crippen molar-refractivity contribution >= 4 is 17.7 Å². The second-order valence-corrected chi connectivity index (χ2v) is 6.52. The Bertz CT molecular complexity index is 759. The zero-order valence-corrected chi connectivity index (χ0v) is 14.0. The Morgan fingerprint density at radius 2 is 1.67 bits per heavy atom. The van der Waals surface area contributed by atoms with E-state index in [0.29, 0.717) is 11.6 Å². The van der Waals surface area contributed by atoms with E-state index in [1.54, 1.807) is 0 Å². The van der Waals surface area contributed by atoms with Crippen LogP contribution in [0, 0.1) is 0 Å². The van der Waals surface area contributed by atoms with Crippen molar-refractivity contribution in [1.29, 1.82) is 0 Å². The van der Waals surface area contributed by atoms with E-state index < -0.39 is 11.2 Å². The second-order valence-electron chi connectivity index (χ2n) is 5.33. The number of benzene rings is 2. The lowest BCUT2D eigenvalue weighted by molar-refractivity contribution is -0.304. The first-order valence-corrected chi connectivity index (χ1v) is 8.65. The molecule has 122 valence electrons. The Morgan fingerprint density at radius 1 is 1.08 bits per heavy atom. The summed E-state index contributed by atoms with van der Waals surface area (Å²) in [7, 11) is 0. The number of imidazole rings is 1. The number of rotatable bonds is 6. The van der Waals surface area contributed by atoms with Crippen molar-refractivity contribution in [2.75, 3.05) is 0 Å². The van der Waals surface area contributed by atoms with Gasteiger partial charge in [-0.2, -0.15) is 0 Å². The molecular formula is C19H17N2O2S-. The van der Waals surface area contributed by atoms with Crippen LogP contribution >= 0.6 is 11.8 Å². The highest BCUT2D eigenvalue weighted by molar-refractivity contribution is 8.00. The first-order chi connectivity index (χ1) is 11.7.